The zero-order valence-electron chi connectivity index (χ0n) is 18.2. The molecule has 0 bridgehead atoms. The molecule has 1 aliphatic rings. The number of nitrogens with one attached hydrogen (secondary N) is 2. The molecule has 1 amide bonds. The lowest BCUT2D eigenvalue weighted by molar-refractivity contribution is 0.0600. The maximum absolute atomic E-state index is 12.9. The number of esters is 1. The fraction of sp³-hybridized carbons (Fsp3) is 0.391. The molecule has 9 heteroatoms. The van der Waals surface area contributed by atoms with Crippen molar-refractivity contribution in [3.8, 4) is 5.75 Å². The van der Waals surface area contributed by atoms with Crippen LogP contribution < -0.4 is 14.8 Å². The monoisotopic (exact) mass is 460 g/mol. The molecule has 8 nitrogen and oxygen atoms in total. The van der Waals surface area contributed by atoms with E-state index >= 15 is 0 Å². The highest BCUT2D eigenvalue weighted by molar-refractivity contribution is 7.89. The van der Waals surface area contributed by atoms with E-state index in [1.54, 1.807) is 24.3 Å². The molecule has 0 radical (unpaired) electrons. The first kappa shape index (κ1) is 23.7. The zero-order valence-corrected chi connectivity index (χ0v) is 19.0. The SMILES string of the molecule is COC(=O)c1ccc(CCNC(=O)c2ccc(OC)c(S(=O)(=O)NC3CCCC3)c2)cc1. The molecule has 2 N–H and O–H groups in total. The van der Waals surface area contributed by atoms with E-state index in [2.05, 4.69) is 14.8 Å². The van der Waals surface area contributed by atoms with E-state index in [0.717, 1.165) is 31.2 Å². The molecule has 2 aromatic carbocycles. The van der Waals surface area contributed by atoms with E-state index in [-0.39, 0.29) is 28.2 Å². The van der Waals surface area contributed by atoms with Crippen molar-refractivity contribution in [3.63, 3.8) is 0 Å². The average Bonchev–Trinajstić information content (AvgIpc) is 3.30. The van der Waals surface area contributed by atoms with Crippen LogP contribution in [-0.4, -0.2) is 47.1 Å². The van der Waals surface area contributed by atoms with Gasteiger partial charge in [0.15, 0.2) is 0 Å². The van der Waals surface area contributed by atoms with E-state index in [1.165, 1.54) is 32.4 Å². The maximum atomic E-state index is 12.9. The van der Waals surface area contributed by atoms with Gasteiger partial charge in [-0.3, -0.25) is 4.79 Å². The predicted octanol–water partition coefficient (Wildman–Crippen LogP) is 2.68. The summed E-state index contributed by atoms with van der Waals surface area (Å²) in [5.74, 6) is -0.591. The number of methoxy groups -OCH3 is 2. The summed E-state index contributed by atoms with van der Waals surface area (Å²) in [5.41, 5.74) is 1.63. The van der Waals surface area contributed by atoms with E-state index in [0.29, 0.717) is 18.5 Å². The predicted molar refractivity (Wildman–Crippen MR) is 119 cm³/mol. The molecule has 0 saturated heterocycles. The van der Waals surface area contributed by atoms with Crippen LogP contribution in [0.15, 0.2) is 47.4 Å². The molecule has 0 aliphatic heterocycles. The Hall–Kier alpha value is -2.91. The molecule has 0 aromatic heterocycles. The topological polar surface area (TPSA) is 111 Å². The third-order valence-corrected chi connectivity index (χ3v) is 7.01. The van der Waals surface area contributed by atoms with Gasteiger partial charge in [0, 0.05) is 18.2 Å². The van der Waals surface area contributed by atoms with Gasteiger partial charge in [-0.05, 0) is 55.2 Å². The van der Waals surface area contributed by atoms with E-state index in [9.17, 15) is 18.0 Å². The quantitative estimate of drug-likeness (QED) is 0.557. The number of hydrogen-bond donors (Lipinski definition) is 2. The van der Waals surface area contributed by atoms with Gasteiger partial charge in [0.2, 0.25) is 10.0 Å². The maximum Gasteiger partial charge on any atom is 0.337 e. The first-order chi connectivity index (χ1) is 15.3. The van der Waals surface area contributed by atoms with Crippen LogP contribution in [-0.2, 0) is 21.2 Å². The van der Waals surface area contributed by atoms with Crippen molar-refractivity contribution in [2.75, 3.05) is 20.8 Å². The van der Waals surface area contributed by atoms with E-state index in [1.807, 2.05) is 0 Å². The van der Waals surface area contributed by atoms with Gasteiger partial charge in [0.1, 0.15) is 10.6 Å². The molecule has 1 fully saturated rings. The van der Waals surface area contributed by atoms with Crippen molar-refractivity contribution >= 4 is 21.9 Å². The van der Waals surface area contributed by atoms with Crippen molar-refractivity contribution in [2.45, 2.75) is 43.0 Å². The summed E-state index contributed by atoms with van der Waals surface area (Å²) in [5, 5.41) is 2.80. The second-order valence-electron chi connectivity index (χ2n) is 7.66. The smallest absolute Gasteiger partial charge is 0.337 e. The number of hydrogen-bond acceptors (Lipinski definition) is 6. The van der Waals surface area contributed by atoms with Gasteiger partial charge in [-0.1, -0.05) is 25.0 Å². The van der Waals surface area contributed by atoms with E-state index < -0.39 is 16.0 Å². The average molecular weight is 461 g/mol. The van der Waals surface area contributed by atoms with Gasteiger partial charge >= 0.3 is 5.97 Å². The molecule has 3 rings (SSSR count). The fourth-order valence-corrected chi connectivity index (χ4v) is 5.20. The third kappa shape index (κ3) is 5.86. The number of amides is 1. The molecule has 1 saturated carbocycles. The Morgan fingerprint density at radius 3 is 2.28 bits per heavy atom. The van der Waals surface area contributed by atoms with Crippen molar-refractivity contribution < 1.29 is 27.5 Å². The summed E-state index contributed by atoms with van der Waals surface area (Å²) in [7, 11) is -1.09. The van der Waals surface area contributed by atoms with Crippen molar-refractivity contribution in [1.29, 1.82) is 0 Å². The number of ether oxygens (including phenoxy) is 2. The summed E-state index contributed by atoms with van der Waals surface area (Å²) in [4.78, 5) is 24.1. The molecule has 0 atom stereocenters. The lowest BCUT2D eigenvalue weighted by Crippen LogP contribution is -2.33. The highest BCUT2D eigenvalue weighted by Gasteiger charge is 2.26. The van der Waals surface area contributed by atoms with Crippen LogP contribution in [0.4, 0.5) is 0 Å². The Morgan fingerprint density at radius 2 is 1.66 bits per heavy atom. The summed E-state index contributed by atoms with van der Waals surface area (Å²) in [6.07, 6.45) is 4.17. The molecule has 2 aromatic rings. The number of rotatable bonds is 9. The molecule has 32 heavy (non-hydrogen) atoms. The third-order valence-electron chi connectivity index (χ3n) is 5.47. The fourth-order valence-electron chi connectivity index (χ4n) is 3.70. The Morgan fingerprint density at radius 1 is 1.00 bits per heavy atom. The summed E-state index contributed by atoms with van der Waals surface area (Å²) >= 11 is 0. The summed E-state index contributed by atoms with van der Waals surface area (Å²) in [6, 6.07) is 11.2. The second-order valence-corrected chi connectivity index (χ2v) is 9.35. The van der Waals surface area contributed by atoms with Gasteiger partial charge in [-0.2, -0.15) is 0 Å². The standard InChI is InChI=1S/C23H28N2O6S/c1-30-20-12-11-18(15-21(20)32(28,29)25-19-5-3-4-6-19)22(26)24-14-13-16-7-9-17(10-8-16)23(27)31-2/h7-12,15,19,25H,3-6,13-14H2,1-2H3,(H,24,26). The number of sulfonamides is 1. The van der Waals surface area contributed by atoms with Gasteiger partial charge in [0.25, 0.3) is 5.91 Å². The van der Waals surface area contributed by atoms with Crippen molar-refractivity contribution in [1.82, 2.24) is 10.0 Å². The lowest BCUT2D eigenvalue weighted by Gasteiger charge is -2.16. The van der Waals surface area contributed by atoms with Crippen LogP contribution in [0.1, 0.15) is 52.0 Å². The van der Waals surface area contributed by atoms with Crippen LogP contribution in [0.3, 0.4) is 0 Å². The number of benzene rings is 2. The zero-order chi connectivity index (χ0) is 23.1. The van der Waals surface area contributed by atoms with Crippen LogP contribution in [0.25, 0.3) is 0 Å². The molecule has 0 unspecified atom stereocenters. The molecule has 0 heterocycles. The Labute approximate surface area is 188 Å². The molecular formula is C23H28N2O6S. The molecular weight excluding hydrogens is 432 g/mol. The number of carbonyl (C=O) groups excluding carboxylic acids is 2. The van der Waals surface area contributed by atoms with Crippen molar-refractivity contribution in [2.24, 2.45) is 0 Å². The molecule has 1 aliphatic carbocycles. The Kier molecular flexibility index (Phi) is 7.87. The largest absolute Gasteiger partial charge is 0.495 e. The van der Waals surface area contributed by atoms with Crippen LogP contribution in [0, 0.1) is 0 Å². The Bertz CT molecular complexity index is 1060. The first-order valence-corrected chi connectivity index (χ1v) is 12.0. The van der Waals surface area contributed by atoms with Gasteiger partial charge in [-0.25, -0.2) is 17.9 Å². The molecule has 172 valence electrons. The first-order valence-electron chi connectivity index (χ1n) is 10.5. The lowest BCUT2D eigenvalue weighted by atomic mass is 10.1. The van der Waals surface area contributed by atoms with Crippen LogP contribution in [0.2, 0.25) is 0 Å². The van der Waals surface area contributed by atoms with E-state index in [4.69, 9.17) is 4.74 Å². The van der Waals surface area contributed by atoms with Crippen LogP contribution in [0.5, 0.6) is 5.75 Å². The van der Waals surface area contributed by atoms with Gasteiger partial charge < -0.3 is 14.8 Å². The second kappa shape index (κ2) is 10.6. The highest BCUT2D eigenvalue weighted by atomic mass is 32.2. The Balaban J connectivity index is 1.65. The minimum Gasteiger partial charge on any atom is -0.495 e. The van der Waals surface area contributed by atoms with Crippen LogP contribution >= 0.6 is 0 Å². The van der Waals surface area contributed by atoms with Gasteiger partial charge in [-0.15, -0.1) is 0 Å². The minimum atomic E-state index is -3.81. The highest BCUT2D eigenvalue weighted by Crippen LogP contribution is 2.27. The summed E-state index contributed by atoms with van der Waals surface area (Å²) in [6.45, 7) is 0.352. The van der Waals surface area contributed by atoms with Crippen molar-refractivity contribution in [3.05, 3.63) is 59.2 Å². The number of carbonyl (C=O) groups is 2. The summed E-state index contributed by atoms with van der Waals surface area (Å²) < 4.78 is 38.4. The van der Waals surface area contributed by atoms with Gasteiger partial charge in [0.05, 0.1) is 19.8 Å². The molecule has 0 spiro atoms. The normalized spacial score (nSPS) is 14.2. The minimum absolute atomic E-state index is 0.0436.